The number of hydrogen-bond acceptors (Lipinski definition) is 6. The number of amides is 1. The van der Waals surface area contributed by atoms with Gasteiger partial charge in [0.15, 0.2) is 0 Å². The second kappa shape index (κ2) is 9.53. The third-order valence-electron chi connectivity index (χ3n) is 4.71. The van der Waals surface area contributed by atoms with Gasteiger partial charge in [0, 0.05) is 5.56 Å². The van der Waals surface area contributed by atoms with E-state index in [9.17, 15) is 9.59 Å². The number of benzene rings is 4. The van der Waals surface area contributed by atoms with Crippen molar-refractivity contribution in [3.8, 4) is 5.75 Å². The van der Waals surface area contributed by atoms with E-state index in [4.69, 9.17) is 9.57 Å². The van der Waals surface area contributed by atoms with Crippen molar-refractivity contribution in [2.45, 2.75) is 0 Å². The predicted molar refractivity (Wildman–Crippen MR) is 121 cm³/mol. The molecule has 0 aliphatic heterocycles. The van der Waals surface area contributed by atoms with Gasteiger partial charge in [-0.1, -0.05) is 42.5 Å². The van der Waals surface area contributed by atoms with E-state index in [1.807, 2.05) is 30.3 Å². The van der Waals surface area contributed by atoms with Gasteiger partial charge in [-0.25, -0.2) is 10.3 Å². The lowest BCUT2D eigenvalue weighted by Crippen LogP contribution is -2.11. The molecule has 4 rings (SSSR count). The molecule has 0 aliphatic rings. The fourth-order valence-corrected chi connectivity index (χ4v) is 3.05. The van der Waals surface area contributed by atoms with Crippen LogP contribution in [0.3, 0.4) is 0 Å². The van der Waals surface area contributed by atoms with E-state index in [1.165, 1.54) is 7.11 Å². The number of anilines is 1. The van der Waals surface area contributed by atoms with E-state index in [2.05, 4.69) is 15.7 Å². The number of rotatable bonds is 6. The van der Waals surface area contributed by atoms with Crippen LogP contribution in [0.5, 0.6) is 5.75 Å². The largest absolute Gasteiger partial charge is 0.496 e. The molecule has 0 fully saturated rings. The summed E-state index contributed by atoms with van der Waals surface area (Å²) in [5, 5.41) is 9.81. The molecular weight excluding hydrogens is 406 g/mol. The van der Waals surface area contributed by atoms with Crippen molar-refractivity contribution in [2.24, 2.45) is 10.2 Å². The molecule has 4 aromatic rings. The number of azo groups is 1. The van der Waals surface area contributed by atoms with E-state index >= 15 is 0 Å². The monoisotopic (exact) mass is 425 g/mol. The SMILES string of the molecule is COc1ccccc1C(=O)ONc1ccc(N=NC(=O)c2ccc3ccccc3c2)cc1. The highest BCUT2D eigenvalue weighted by Crippen LogP contribution is 2.21. The van der Waals surface area contributed by atoms with Gasteiger partial charge in [0.1, 0.15) is 11.3 Å². The minimum Gasteiger partial charge on any atom is -0.496 e. The molecule has 32 heavy (non-hydrogen) atoms. The number of nitrogens with zero attached hydrogens (tertiary/aromatic N) is 2. The zero-order valence-electron chi connectivity index (χ0n) is 17.2. The molecule has 0 aromatic heterocycles. The van der Waals surface area contributed by atoms with Gasteiger partial charge in [0.25, 0.3) is 5.91 Å². The first-order valence-electron chi connectivity index (χ1n) is 9.79. The van der Waals surface area contributed by atoms with Gasteiger partial charge in [-0.3, -0.25) is 4.79 Å². The van der Waals surface area contributed by atoms with Crippen LogP contribution in [0.4, 0.5) is 11.4 Å². The van der Waals surface area contributed by atoms with Crippen molar-refractivity contribution in [2.75, 3.05) is 12.6 Å². The second-order valence-corrected chi connectivity index (χ2v) is 6.81. The molecule has 1 N–H and O–H groups in total. The Bertz CT molecular complexity index is 1300. The van der Waals surface area contributed by atoms with Crippen LogP contribution in [-0.2, 0) is 4.84 Å². The lowest BCUT2D eigenvalue weighted by atomic mass is 10.1. The van der Waals surface area contributed by atoms with Crippen LogP contribution in [0.2, 0.25) is 0 Å². The van der Waals surface area contributed by atoms with Crippen LogP contribution >= 0.6 is 0 Å². The zero-order chi connectivity index (χ0) is 22.3. The minimum absolute atomic E-state index is 0.306. The number of hydrogen-bond donors (Lipinski definition) is 1. The molecule has 0 saturated carbocycles. The highest BCUT2D eigenvalue weighted by Gasteiger charge is 2.13. The normalized spacial score (nSPS) is 10.8. The summed E-state index contributed by atoms with van der Waals surface area (Å²) in [4.78, 5) is 29.7. The maximum Gasteiger partial charge on any atom is 0.366 e. The Hall–Kier alpha value is -4.52. The lowest BCUT2D eigenvalue weighted by Gasteiger charge is -2.09. The molecule has 0 heterocycles. The van der Waals surface area contributed by atoms with E-state index in [0.29, 0.717) is 28.3 Å². The zero-order valence-corrected chi connectivity index (χ0v) is 17.2. The van der Waals surface area contributed by atoms with E-state index in [-0.39, 0.29) is 0 Å². The Morgan fingerprint density at radius 2 is 1.53 bits per heavy atom. The highest BCUT2D eigenvalue weighted by molar-refractivity contribution is 5.99. The summed E-state index contributed by atoms with van der Waals surface area (Å²) in [5.41, 5.74) is 4.38. The van der Waals surface area contributed by atoms with Crippen LogP contribution in [0, 0.1) is 0 Å². The van der Waals surface area contributed by atoms with Crippen molar-refractivity contribution in [1.82, 2.24) is 0 Å². The molecule has 0 saturated heterocycles. The van der Waals surface area contributed by atoms with Crippen molar-refractivity contribution < 1.29 is 19.2 Å². The van der Waals surface area contributed by atoms with Crippen LogP contribution in [0.1, 0.15) is 20.7 Å². The molecule has 0 aliphatic carbocycles. The third-order valence-corrected chi connectivity index (χ3v) is 4.71. The number of nitrogens with one attached hydrogen (secondary N) is 1. The van der Waals surface area contributed by atoms with Crippen molar-refractivity contribution in [3.63, 3.8) is 0 Å². The first kappa shape index (κ1) is 20.7. The summed E-state index contributed by atoms with van der Waals surface area (Å²) in [7, 11) is 1.48. The molecule has 7 nitrogen and oxygen atoms in total. The maximum atomic E-state index is 12.4. The summed E-state index contributed by atoms with van der Waals surface area (Å²) in [6, 6.07) is 26.6. The van der Waals surface area contributed by atoms with E-state index < -0.39 is 11.9 Å². The van der Waals surface area contributed by atoms with Gasteiger partial charge in [0.2, 0.25) is 0 Å². The smallest absolute Gasteiger partial charge is 0.366 e. The minimum atomic E-state index is -0.577. The standard InChI is InChI=1S/C25H19N3O4/c1-31-23-9-5-4-8-22(23)25(30)32-28-21-14-12-20(13-15-21)26-27-24(29)19-11-10-17-6-2-3-7-18(17)16-19/h2-16,28H,1H3. The molecular formula is C25H19N3O4. The molecule has 0 spiro atoms. The number of fused-ring (bicyclic) bond motifs is 1. The Kier molecular flexibility index (Phi) is 6.17. The fraction of sp³-hybridized carbons (Fsp3) is 0.0400. The summed E-state index contributed by atoms with van der Waals surface area (Å²) >= 11 is 0. The van der Waals surface area contributed by atoms with Gasteiger partial charge in [-0.15, -0.1) is 10.2 Å². The third kappa shape index (κ3) is 4.79. The molecule has 1 amide bonds. The number of carbonyl (C=O) groups excluding carboxylic acids is 2. The quantitative estimate of drug-likeness (QED) is 0.304. The number of carbonyl (C=O) groups is 2. The fourth-order valence-electron chi connectivity index (χ4n) is 3.05. The Labute approximate surface area is 184 Å². The molecule has 0 atom stereocenters. The van der Waals surface area contributed by atoms with Gasteiger partial charge in [0.05, 0.1) is 18.5 Å². The topological polar surface area (TPSA) is 89.3 Å². The van der Waals surface area contributed by atoms with Crippen LogP contribution in [0.25, 0.3) is 10.8 Å². The van der Waals surface area contributed by atoms with Gasteiger partial charge in [-0.2, -0.15) is 0 Å². The summed E-state index contributed by atoms with van der Waals surface area (Å²) in [6.07, 6.45) is 0. The van der Waals surface area contributed by atoms with Crippen LogP contribution in [-0.4, -0.2) is 19.0 Å². The maximum absolute atomic E-state index is 12.4. The highest BCUT2D eigenvalue weighted by atomic mass is 16.7. The predicted octanol–water partition coefficient (Wildman–Crippen LogP) is 5.96. The number of methoxy groups -OCH3 is 1. The Balaban J connectivity index is 1.37. The first-order chi connectivity index (χ1) is 15.6. The lowest BCUT2D eigenvalue weighted by molar-refractivity contribution is 0.0592. The molecule has 4 aromatic carbocycles. The Morgan fingerprint density at radius 1 is 0.812 bits per heavy atom. The van der Waals surface area contributed by atoms with Crippen molar-refractivity contribution in [3.05, 3.63) is 102 Å². The van der Waals surface area contributed by atoms with Gasteiger partial charge >= 0.3 is 5.97 Å². The van der Waals surface area contributed by atoms with Crippen LogP contribution in [0.15, 0.2) is 101 Å². The molecule has 0 radical (unpaired) electrons. The van der Waals surface area contributed by atoms with E-state index in [1.54, 1.807) is 60.7 Å². The van der Waals surface area contributed by atoms with Gasteiger partial charge < -0.3 is 9.57 Å². The number of ether oxygens (including phenoxy) is 1. The van der Waals surface area contributed by atoms with Crippen molar-refractivity contribution in [1.29, 1.82) is 0 Å². The summed E-state index contributed by atoms with van der Waals surface area (Å²) in [5.74, 6) is -0.581. The Morgan fingerprint density at radius 3 is 2.31 bits per heavy atom. The average Bonchev–Trinajstić information content (AvgIpc) is 2.86. The number of para-hydroxylation sites is 1. The molecule has 7 heteroatoms. The van der Waals surface area contributed by atoms with Crippen molar-refractivity contribution >= 4 is 34.0 Å². The summed E-state index contributed by atoms with van der Waals surface area (Å²) in [6.45, 7) is 0. The van der Waals surface area contributed by atoms with Gasteiger partial charge in [-0.05, 0) is 59.3 Å². The molecule has 158 valence electrons. The summed E-state index contributed by atoms with van der Waals surface area (Å²) < 4.78 is 5.15. The van der Waals surface area contributed by atoms with E-state index in [0.717, 1.165) is 10.8 Å². The molecule has 0 bridgehead atoms. The average molecular weight is 425 g/mol. The van der Waals surface area contributed by atoms with Crippen LogP contribution < -0.4 is 10.2 Å². The first-order valence-corrected chi connectivity index (χ1v) is 9.79. The molecule has 0 unspecified atom stereocenters. The second-order valence-electron chi connectivity index (χ2n) is 6.81.